The molecule has 84 valence electrons. The van der Waals surface area contributed by atoms with E-state index in [2.05, 4.69) is 32.0 Å². The first-order valence-electron chi connectivity index (χ1n) is 4.66. The normalized spacial score (nSPS) is 12.5. The third kappa shape index (κ3) is 4.77. The van der Waals surface area contributed by atoms with E-state index >= 15 is 0 Å². The summed E-state index contributed by atoms with van der Waals surface area (Å²) in [6, 6.07) is 4.22. The van der Waals surface area contributed by atoms with Gasteiger partial charge in [0.25, 0.3) is 0 Å². The smallest absolute Gasteiger partial charge is 0.307 e. The Morgan fingerprint density at radius 1 is 1.67 bits per heavy atom. The number of hydrogen-bond acceptors (Lipinski definition) is 4. The Morgan fingerprint density at radius 2 is 2.40 bits per heavy atom. The minimum Gasteiger partial charge on any atom is -0.469 e. The van der Waals surface area contributed by atoms with Gasteiger partial charge in [-0.25, -0.2) is 0 Å². The summed E-state index contributed by atoms with van der Waals surface area (Å²) in [6.45, 7) is 2.76. The zero-order chi connectivity index (χ0) is 11.3. The van der Waals surface area contributed by atoms with Crippen LogP contribution in [0.25, 0.3) is 0 Å². The molecule has 1 N–H and O–H groups in total. The lowest BCUT2D eigenvalue weighted by molar-refractivity contribution is -0.141. The Balaban J connectivity index is 2.28. The molecule has 0 aromatic carbocycles. The lowest BCUT2D eigenvalue weighted by Crippen LogP contribution is -2.28. The fourth-order valence-electron chi connectivity index (χ4n) is 1.13. The van der Waals surface area contributed by atoms with E-state index in [4.69, 9.17) is 0 Å². The molecule has 1 aromatic heterocycles. The van der Waals surface area contributed by atoms with E-state index in [1.807, 2.05) is 13.0 Å². The largest absolute Gasteiger partial charge is 0.469 e. The van der Waals surface area contributed by atoms with Gasteiger partial charge in [-0.3, -0.25) is 4.79 Å². The maximum atomic E-state index is 11.0. The molecule has 3 nitrogen and oxygen atoms in total. The predicted molar refractivity (Wildman–Crippen MR) is 65.0 cm³/mol. The van der Waals surface area contributed by atoms with Crippen molar-refractivity contribution in [2.45, 2.75) is 25.9 Å². The van der Waals surface area contributed by atoms with Gasteiger partial charge in [-0.15, -0.1) is 11.3 Å². The highest BCUT2D eigenvalue weighted by molar-refractivity contribution is 9.11. The number of ether oxygens (including phenoxy) is 1. The van der Waals surface area contributed by atoms with Gasteiger partial charge in [0, 0.05) is 17.5 Å². The predicted octanol–water partition coefficient (Wildman–Crippen LogP) is 2.55. The number of carbonyl (C=O) groups excluding carboxylic acids is 1. The maximum absolute atomic E-state index is 11.0. The second kappa shape index (κ2) is 6.25. The Kier molecular flexibility index (Phi) is 5.28. The summed E-state index contributed by atoms with van der Waals surface area (Å²) in [7, 11) is 1.41. The highest BCUT2D eigenvalue weighted by Gasteiger charge is 2.08. The number of nitrogens with one attached hydrogen (secondary N) is 1. The van der Waals surface area contributed by atoms with Gasteiger partial charge in [-0.2, -0.15) is 0 Å². The Labute approximate surface area is 102 Å². The molecule has 0 saturated heterocycles. The fourth-order valence-corrected chi connectivity index (χ4v) is 2.56. The van der Waals surface area contributed by atoms with E-state index in [9.17, 15) is 4.79 Å². The van der Waals surface area contributed by atoms with Crippen LogP contribution in [-0.2, 0) is 16.1 Å². The maximum Gasteiger partial charge on any atom is 0.307 e. The van der Waals surface area contributed by atoms with Crippen LogP contribution in [0.4, 0.5) is 0 Å². The van der Waals surface area contributed by atoms with E-state index in [0.717, 1.165) is 10.3 Å². The minimum absolute atomic E-state index is 0.137. The summed E-state index contributed by atoms with van der Waals surface area (Å²) in [5.74, 6) is -0.178. The van der Waals surface area contributed by atoms with Crippen LogP contribution in [0, 0.1) is 0 Å². The van der Waals surface area contributed by atoms with Crippen LogP contribution in [0.1, 0.15) is 18.2 Å². The monoisotopic (exact) mass is 291 g/mol. The van der Waals surface area contributed by atoms with Crippen molar-refractivity contribution in [1.29, 1.82) is 0 Å². The Bertz CT molecular complexity index is 327. The van der Waals surface area contributed by atoms with Crippen molar-refractivity contribution in [3.63, 3.8) is 0 Å². The number of esters is 1. The molecule has 0 aliphatic rings. The van der Waals surface area contributed by atoms with Crippen LogP contribution < -0.4 is 5.32 Å². The van der Waals surface area contributed by atoms with Crippen molar-refractivity contribution >= 4 is 33.2 Å². The lowest BCUT2D eigenvalue weighted by Gasteiger charge is -2.11. The number of hydrogen-bond donors (Lipinski definition) is 1. The molecule has 0 fully saturated rings. The fraction of sp³-hybridized carbons (Fsp3) is 0.500. The van der Waals surface area contributed by atoms with Crippen LogP contribution in [0.2, 0.25) is 0 Å². The van der Waals surface area contributed by atoms with Gasteiger partial charge < -0.3 is 10.1 Å². The van der Waals surface area contributed by atoms with Gasteiger partial charge in [0.05, 0.1) is 17.3 Å². The minimum atomic E-state index is -0.178. The van der Waals surface area contributed by atoms with E-state index < -0.39 is 0 Å². The van der Waals surface area contributed by atoms with Crippen LogP contribution in [-0.4, -0.2) is 19.1 Å². The van der Waals surface area contributed by atoms with Crippen molar-refractivity contribution in [2.75, 3.05) is 7.11 Å². The molecule has 5 heteroatoms. The second-order valence-electron chi connectivity index (χ2n) is 3.27. The van der Waals surface area contributed by atoms with E-state index in [-0.39, 0.29) is 12.0 Å². The van der Waals surface area contributed by atoms with Crippen molar-refractivity contribution in [3.05, 3.63) is 20.8 Å². The van der Waals surface area contributed by atoms with Crippen LogP contribution in [0.5, 0.6) is 0 Å². The summed E-state index contributed by atoms with van der Waals surface area (Å²) in [5.41, 5.74) is 0. The summed E-state index contributed by atoms with van der Waals surface area (Å²) in [4.78, 5) is 12.2. The molecule has 1 unspecified atom stereocenters. The van der Waals surface area contributed by atoms with Crippen molar-refractivity contribution < 1.29 is 9.53 Å². The molecule has 1 atom stereocenters. The summed E-state index contributed by atoms with van der Waals surface area (Å²) in [5, 5.41) is 3.27. The molecule has 1 heterocycles. The molecule has 0 amide bonds. The second-order valence-corrected chi connectivity index (χ2v) is 5.82. The zero-order valence-corrected chi connectivity index (χ0v) is 11.2. The Hall–Kier alpha value is -0.390. The number of carbonyl (C=O) groups is 1. The molecule has 1 aromatic rings. The first-order valence-corrected chi connectivity index (χ1v) is 6.27. The molecule has 1 rings (SSSR count). The van der Waals surface area contributed by atoms with Crippen LogP contribution in [0.3, 0.4) is 0 Å². The molecular weight excluding hydrogens is 278 g/mol. The van der Waals surface area contributed by atoms with Crippen LogP contribution in [0.15, 0.2) is 15.9 Å². The van der Waals surface area contributed by atoms with Crippen molar-refractivity contribution in [3.8, 4) is 0 Å². The average Bonchev–Trinajstić information content (AvgIpc) is 2.61. The third-order valence-electron chi connectivity index (χ3n) is 1.95. The van der Waals surface area contributed by atoms with Gasteiger partial charge in [0.2, 0.25) is 0 Å². The van der Waals surface area contributed by atoms with E-state index in [0.29, 0.717) is 6.42 Å². The molecule has 15 heavy (non-hydrogen) atoms. The average molecular weight is 292 g/mol. The van der Waals surface area contributed by atoms with Gasteiger partial charge in [0.15, 0.2) is 0 Å². The summed E-state index contributed by atoms with van der Waals surface area (Å²) in [6.07, 6.45) is 0.406. The van der Waals surface area contributed by atoms with Gasteiger partial charge in [-0.05, 0) is 35.0 Å². The number of methoxy groups -OCH3 is 1. The SMILES string of the molecule is COC(=O)CC(C)NCc1ccc(Br)s1. The first kappa shape index (κ1) is 12.7. The molecule has 0 saturated carbocycles. The summed E-state index contributed by atoms with van der Waals surface area (Å²) >= 11 is 5.10. The third-order valence-corrected chi connectivity index (χ3v) is 3.58. The number of halogens is 1. The lowest BCUT2D eigenvalue weighted by atomic mass is 10.2. The molecule has 0 bridgehead atoms. The zero-order valence-electron chi connectivity index (χ0n) is 8.75. The van der Waals surface area contributed by atoms with Gasteiger partial charge >= 0.3 is 5.97 Å². The highest BCUT2D eigenvalue weighted by atomic mass is 79.9. The highest BCUT2D eigenvalue weighted by Crippen LogP contribution is 2.21. The molecule has 0 aliphatic heterocycles. The standard InChI is InChI=1S/C10H14BrNO2S/c1-7(5-10(13)14-2)12-6-8-3-4-9(11)15-8/h3-4,7,12H,5-6H2,1-2H3. The quantitative estimate of drug-likeness (QED) is 0.848. The topological polar surface area (TPSA) is 38.3 Å². The molecule has 0 spiro atoms. The van der Waals surface area contributed by atoms with Gasteiger partial charge in [-0.1, -0.05) is 0 Å². The first-order chi connectivity index (χ1) is 7.11. The number of thiophene rings is 1. The number of rotatable bonds is 5. The van der Waals surface area contributed by atoms with E-state index in [1.165, 1.54) is 12.0 Å². The molecular formula is C10H14BrNO2S. The molecule has 0 radical (unpaired) electrons. The molecule has 0 aliphatic carbocycles. The van der Waals surface area contributed by atoms with Crippen molar-refractivity contribution in [2.24, 2.45) is 0 Å². The van der Waals surface area contributed by atoms with Crippen molar-refractivity contribution in [1.82, 2.24) is 5.32 Å². The van der Waals surface area contributed by atoms with Gasteiger partial charge in [0.1, 0.15) is 0 Å². The van der Waals surface area contributed by atoms with Crippen LogP contribution >= 0.6 is 27.3 Å². The Morgan fingerprint density at radius 3 is 2.93 bits per heavy atom. The van der Waals surface area contributed by atoms with E-state index in [1.54, 1.807) is 11.3 Å². The summed E-state index contributed by atoms with van der Waals surface area (Å²) < 4.78 is 5.72.